The third-order valence-corrected chi connectivity index (χ3v) is 4.08. The summed E-state index contributed by atoms with van der Waals surface area (Å²) in [5.41, 5.74) is 1.39. The van der Waals surface area contributed by atoms with E-state index in [0.717, 1.165) is 23.0 Å². The fourth-order valence-electron chi connectivity index (χ4n) is 2.79. The number of carbonyl (C=O) groups excluding carboxylic acids is 1. The second-order valence-corrected chi connectivity index (χ2v) is 5.99. The van der Waals surface area contributed by atoms with Crippen molar-refractivity contribution >= 4 is 39.2 Å². The highest BCUT2D eigenvalue weighted by Crippen LogP contribution is 2.31. The van der Waals surface area contributed by atoms with Gasteiger partial charge in [0.1, 0.15) is 0 Å². The van der Waals surface area contributed by atoms with Gasteiger partial charge in [-0.1, -0.05) is 6.07 Å². The maximum Gasteiger partial charge on any atom is 0.416 e. The molecule has 4 aromatic rings. The number of anilines is 2. The van der Waals surface area contributed by atoms with Gasteiger partial charge < -0.3 is 15.6 Å². The largest absolute Gasteiger partial charge is 0.416 e. The number of hydrogen-bond donors (Lipinski definition) is 3. The van der Waals surface area contributed by atoms with Crippen LogP contribution in [0, 0.1) is 0 Å². The Hall–Kier alpha value is -3.55. The normalized spacial score (nSPS) is 11.7. The third kappa shape index (κ3) is 3.55. The number of aromatic nitrogens is 2. The molecule has 5 nitrogen and oxygen atoms in total. The lowest BCUT2D eigenvalue weighted by Gasteiger charge is -2.10. The van der Waals surface area contributed by atoms with Crippen molar-refractivity contribution < 1.29 is 18.0 Å². The second kappa shape index (κ2) is 6.31. The van der Waals surface area contributed by atoms with Gasteiger partial charge in [-0.05, 0) is 42.5 Å². The van der Waals surface area contributed by atoms with E-state index in [2.05, 4.69) is 20.6 Å². The number of hydrogen-bond acceptors (Lipinski definition) is 2. The Kier molecular flexibility index (Phi) is 3.95. The van der Waals surface area contributed by atoms with Gasteiger partial charge in [0.25, 0.3) is 0 Å². The van der Waals surface area contributed by atoms with Crippen molar-refractivity contribution in [1.82, 2.24) is 9.97 Å². The maximum atomic E-state index is 12.8. The zero-order valence-corrected chi connectivity index (χ0v) is 13.8. The van der Waals surface area contributed by atoms with E-state index in [-0.39, 0.29) is 5.52 Å². The summed E-state index contributed by atoms with van der Waals surface area (Å²) in [5, 5.41) is 6.79. The zero-order chi connectivity index (χ0) is 19.0. The Balaban J connectivity index is 1.51. The minimum Gasteiger partial charge on any atom is -0.361 e. The van der Waals surface area contributed by atoms with Crippen LogP contribution in [0.1, 0.15) is 5.56 Å². The number of aromatic amines is 1. The maximum absolute atomic E-state index is 12.8. The molecule has 0 atom stereocenters. The molecule has 0 bridgehead atoms. The minimum absolute atomic E-state index is 0.202. The van der Waals surface area contributed by atoms with E-state index in [1.54, 1.807) is 18.3 Å². The number of benzene rings is 2. The molecule has 0 unspecified atom stereocenters. The molecule has 0 aliphatic rings. The van der Waals surface area contributed by atoms with Crippen LogP contribution < -0.4 is 10.6 Å². The SMILES string of the molecule is O=C(Nc1cnc2cc(C(F)(F)F)ccc2c1)Nc1ccc2[nH]ccc2c1. The minimum atomic E-state index is -4.42. The number of H-pyrrole nitrogens is 1. The molecule has 2 heterocycles. The van der Waals surface area contributed by atoms with Crippen LogP contribution in [0.3, 0.4) is 0 Å². The smallest absolute Gasteiger partial charge is 0.361 e. The van der Waals surface area contributed by atoms with E-state index in [1.807, 2.05) is 18.2 Å². The number of pyridine rings is 1. The van der Waals surface area contributed by atoms with Crippen molar-refractivity contribution in [2.24, 2.45) is 0 Å². The van der Waals surface area contributed by atoms with E-state index in [4.69, 9.17) is 0 Å². The van der Waals surface area contributed by atoms with E-state index in [1.165, 1.54) is 12.3 Å². The van der Waals surface area contributed by atoms with Crippen LogP contribution in [0.15, 0.2) is 60.9 Å². The van der Waals surface area contributed by atoms with Crippen LogP contribution in [0.5, 0.6) is 0 Å². The highest BCUT2D eigenvalue weighted by molar-refractivity contribution is 6.01. The number of alkyl halides is 3. The number of carbonyl (C=O) groups is 1. The first-order valence-electron chi connectivity index (χ1n) is 8.01. The Bertz CT molecular complexity index is 1150. The molecule has 0 saturated carbocycles. The summed E-state index contributed by atoms with van der Waals surface area (Å²) >= 11 is 0. The van der Waals surface area contributed by atoms with Crippen LogP contribution in [-0.2, 0) is 6.18 Å². The Morgan fingerprint density at radius 1 is 0.926 bits per heavy atom. The fraction of sp³-hybridized carbons (Fsp3) is 0.0526. The topological polar surface area (TPSA) is 69.8 Å². The summed E-state index contributed by atoms with van der Waals surface area (Å²) in [7, 11) is 0. The molecule has 2 amide bonds. The monoisotopic (exact) mass is 370 g/mol. The van der Waals surface area contributed by atoms with Crippen molar-refractivity contribution in [2.75, 3.05) is 10.6 Å². The lowest BCUT2D eigenvalue weighted by atomic mass is 10.1. The van der Waals surface area contributed by atoms with Crippen molar-refractivity contribution in [1.29, 1.82) is 0 Å². The molecule has 2 aromatic carbocycles. The van der Waals surface area contributed by atoms with Crippen molar-refractivity contribution in [3.05, 3.63) is 66.5 Å². The molecular formula is C19H13F3N4O. The standard InChI is InChI=1S/C19H13F3N4O/c20-19(21,22)13-2-1-11-8-15(10-24-17(11)9-13)26-18(27)25-14-3-4-16-12(7-14)5-6-23-16/h1-10,23H,(H2,25,26,27). The second-order valence-electron chi connectivity index (χ2n) is 5.99. The van der Waals surface area contributed by atoms with E-state index in [0.29, 0.717) is 16.8 Å². The number of rotatable bonds is 2. The summed E-state index contributed by atoms with van der Waals surface area (Å²) in [4.78, 5) is 19.2. The lowest BCUT2D eigenvalue weighted by molar-refractivity contribution is -0.137. The number of urea groups is 1. The first-order chi connectivity index (χ1) is 12.9. The van der Waals surface area contributed by atoms with Gasteiger partial charge in [0.05, 0.1) is 23.0 Å². The summed E-state index contributed by atoms with van der Waals surface area (Å²) < 4.78 is 38.3. The highest BCUT2D eigenvalue weighted by atomic mass is 19.4. The van der Waals surface area contributed by atoms with Crippen LogP contribution >= 0.6 is 0 Å². The van der Waals surface area contributed by atoms with Gasteiger partial charge in [-0.25, -0.2) is 4.79 Å². The molecule has 0 radical (unpaired) electrons. The van der Waals surface area contributed by atoms with Gasteiger partial charge in [-0.15, -0.1) is 0 Å². The molecule has 0 aliphatic carbocycles. The third-order valence-electron chi connectivity index (χ3n) is 4.08. The molecular weight excluding hydrogens is 357 g/mol. The first kappa shape index (κ1) is 16.9. The molecule has 0 spiro atoms. The average Bonchev–Trinajstić information content (AvgIpc) is 3.08. The molecule has 8 heteroatoms. The molecule has 0 aliphatic heterocycles. The molecule has 0 saturated heterocycles. The highest BCUT2D eigenvalue weighted by Gasteiger charge is 2.30. The molecule has 136 valence electrons. The Morgan fingerprint density at radius 3 is 2.52 bits per heavy atom. The van der Waals surface area contributed by atoms with Gasteiger partial charge in [-0.3, -0.25) is 4.98 Å². The van der Waals surface area contributed by atoms with Crippen LogP contribution in [0.2, 0.25) is 0 Å². The Labute approximate surface area is 151 Å². The first-order valence-corrected chi connectivity index (χ1v) is 8.01. The lowest BCUT2D eigenvalue weighted by Crippen LogP contribution is -2.19. The quantitative estimate of drug-likeness (QED) is 0.443. The van der Waals surface area contributed by atoms with Crippen molar-refractivity contribution in [3.8, 4) is 0 Å². The van der Waals surface area contributed by atoms with Crippen molar-refractivity contribution in [2.45, 2.75) is 6.18 Å². The summed E-state index contributed by atoms with van der Waals surface area (Å²) in [6, 6.07) is 11.7. The Morgan fingerprint density at radius 2 is 1.70 bits per heavy atom. The number of halogens is 3. The van der Waals surface area contributed by atoms with E-state index >= 15 is 0 Å². The molecule has 3 N–H and O–H groups in total. The summed E-state index contributed by atoms with van der Waals surface area (Å²) in [5.74, 6) is 0. The summed E-state index contributed by atoms with van der Waals surface area (Å²) in [6.07, 6.45) is -1.30. The predicted molar refractivity (Wildman–Crippen MR) is 97.7 cm³/mol. The van der Waals surface area contributed by atoms with Crippen LogP contribution in [0.25, 0.3) is 21.8 Å². The number of nitrogens with one attached hydrogen (secondary N) is 3. The van der Waals surface area contributed by atoms with E-state index < -0.39 is 17.8 Å². The van der Waals surface area contributed by atoms with Gasteiger partial charge in [-0.2, -0.15) is 13.2 Å². The van der Waals surface area contributed by atoms with Gasteiger partial charge in [0.2, 0.25) is 0 Å². The van der Waals surface area contributed by atoms with Crippen LogP contribution in [-0.4, -0.2) is 16.0 Å². The molecule has 27 heavy (non-hydrogen) atoms. The molecule has 4 rings (SSSR count). The van der Waals surface area contributed by atoms with Gasteiger partial charge in [0.15, 0.2) is 0 Å². The predicted octanol–water partition coefficient (Wildman–Crippen LogP) is 5.38. The zero-order valence-electron chi connectivity index (χ0n) is 13.8. The number of amides is 2. The van der Waals surface area contributed by atoms with Crippen LogP contribution in [0.4, 0.5) is 29.3 Å². The van der Waals surface area contributed by atoms with Gasteiger partial charge >= 0.3 is 12.2 Å². The molecule has 0 fully saturated rings. The van der Waals surface area contributed by atoms with Gasteiger partial charge in [0, 0.05) is 28.2 Å². The number of fused-ring (bicyclic) bond motifs is 2. The van der Waals surface area contributed by atoms with Crippen molar-refractivity contribution in [3.63, 3.8) is 0 Å². The number of nitrogens with zero attached hydrogens (tertiary/aromatic N) is 1. The fourth-order valence-corrected chi connectivity index (χ4v) is 2.79. The summed E-state index contributed by atoms with van der Waals surface area (Å²) in [6.45, 7) is 0. The van der Waals surface area contributed by atoms with E-state index in [9.17, 15) is 18.0 Å². The molecule has 2 aromatic heterocycles. The average molecular weight is 370 g/mol.